The van der Waals surface area contributed by atoms with E-state index in [4.69, 9.17) is 11.6 Å². The number of methoxy groups -OCH3 is 1. The van der Waals surface area contributed by atoms with E-state index in [1.807, 2.05) is 0 Å². The molecule has 1 N–H and O–H groups in total. The highest BCUT2D eigenvalue weighted by Crippen LogP contribution is 2.25. The zero-order valence-corrected chi connectivity index (χ0v) is 13.1. The maximum Gasteiger partial charge on any atom is 0.387 e. The first kappa shape index (κ1) is 17.7. The quantitative estimate of drug-likeness (QED) is 0.824. The smallest absolute Gasteiger partial charge is 0.387 e. The Morgan fingerprint density at radius 1 is 1.12 bits per heavy atom. The highest BCUT2D eigenvalue weighted by atomic mass is 35.5. The third-order valence-corrected chi connectivity index (χ3v) is 3.29. The normalized spacial score (nSPS) is 10.4. The van der Waals surface area contributed by atoms with Crippen LogP contribution >= 0.6 is 11.6 Å². The number of hydrogen-bond donors (Lipinski definition) is 1. The minimum absolute atomic E-state index is 0.0905. The van der Waals surface area contributed by atoms with Crippen LogP contribution < -0.4 is 10.1 Å². The Labute approximate surface area is 141 Å². The Hall–Kier alpha value is -2.67. The van der Waals surface area contributed by atoms with Gasteiger partial charge in [-0.25, -0.2) is 4.79 Å². The molecule has 126 valence electrons. The van der Waals surface area contributed by atoms with Gasteiger partial charge in [0.25, 0.3) is 5.91 Å². The van der Waals surface area contributed by atoms with Crippen LogP contribution in [0.4, 0.5) is 14.5 Å². The van der Waals surface area contributed by atoms with Gasteiger partial charge in [-0.05, 0) is 36.4 Å². The van der Waals surface area contributed by atoms with Crippen LogP contribution in [0, 0.1) is 0 Å². The van der Waals surface area contributed by atoms with Gasteiger partial charge >= 0.3 is 12.6 Å². The predicted molar refractivity (Wildman–Crippen MR) is 83.8 cm³/mol. The standard InChI is InChI=1S/C16H12ClF2NO4/c1-23-15(22)10-5-6-12(17)13(8-10)20-14(21)9-3-2-4-11(7-9)24-16(18)19/h2-8,16H,1H3,(H,20,21). The molecule has 0 radical (unpaired) electrons. The average molecular weight is 356 g/mol. The molecule has 0 heterocycles. The number of carbonyl (C=O) groups excluding carboxylic acids is 2. The van der Waals surface area contributed by atoms with Gasteiger partial charge < -0.3 is 14.8 Å². The minimum Gasteiger partial charge on any atom is -0.465 e. The summed E-state index contributed by atoms with van der Waals surface area (Å²) in [6.45, 7) is -2.99. The predicted octanol–water partition coefficient (Wildman–Crippen LogP) is 3.98. The first-order chi connectivity index (χ1) is 11.4. The summed E-state index contributed by atoms with van der Waals surface area (Å²) in [5.41, 5.74) is 0.476. The number of nitrogens with one attached hydrogen (secondary N) is 1. The lowest BCUT2D eigenvalue weighted by Crippen LogP contribution is -2.13. The fourth-order valence-electron chi connectivity index (χ4n) is 1.87. The van der Waals surface area contributed by atoms with E-state index in [0.29, 0.717) is 0 Å². The van der Waals surface area contributed by atoms with Gasteiger partial charge in [-0.1, -0.05) is 17.7 Å². The van der Waals surface area contributed by atoms with Crippen LogP contribution in [0.2, 0.25) is 5.02 Å². The molecule has 2 aromatic carbocycles. The number of ether oxygens (including phenoxy) is 2. The third-order valence-electron chi connectivity index (χ3n) is 2.96. The van der Waals surface area contributed by atoms with E-state index in [0.717, 1.165) is 0 Å². The summed E-state index contributed by atoms with van der Waals surface area (Å²) in [7, 11) is 1.23. The van der Waals surface area contributed by atoms with Crippen LogP contribution in [-0.4, -0.2) is 25.6 Å². The van der Waals surface area contributed by atoms with Gasteiger partial charge in [0, 0.05) is 5.56 Å². The Bertz CT molecular complexity index is 767. The molecule has 0 aliphatic rings. The van der Waals surface area contributed by atoms with Gasteiger partial charge in [-0.2, -0.15) is 8.78 Å². The summed E-state index contributed by atoms with van der Waals surface area (Å²) >= 11 is 5.99. The number of alkyl halides is 2. The molecule has 2 aromatic rings. The fourth-order valence-corrected chi connectivity index (χ4v) is 2.04. The van der Waals surface area contributed by atoms with Crippen molar-refractivity contribution in [2.24, 2.45) is 0 Å². The molecule has 0 saturated carbocycles. The molecule has 8 heteroatoms. The van der Waals surface area contributed by atoms with E-state index in [1.165, 1.54) is 49.6 Å². The van der Waals surface area contributed by atoms with E-state index in [1.54, 1.807) is 0 Å². The Morgan fingerprint density at radius 3 is 2.54 bits per heavy atom. The van der Waals surface area contributed by atoms with Gasteiger partial charge in [0.2, 0.25) is 0 Å². The SMILES string of the molecule is COC(=O)c1ccc(Cl)c(NC(=O)c2cccc(OC(F)F)c2)c1. The van der Waals surface area contributed by atoms with Crippen molar-refractivity contribution in [3.05, 3.63) is 58.6 Å². The number of rotatable bonds is 5. The molecule has 2 rings (SSSR count). The number of benzene rings is 2. The molecule has 0 saturated heterocycles. The number of carbonyl (C=O) groups is 2. The maximum absolute atomic E-state index is 12.2. The lowest BCUT2D eigenvalue weighted by Gasteiger charge is -2.10. The molecule has 0 aliphatic heterocycles. The summed E-state index contributed by atoms with van der Waals surface area (Å²) in [4.78, 5) is 23.7. The number of esters is 1. The van der Waals surface area contributed by atoms with Crippen LogP contribution in [0.5, 0.6) is 5.75 Å². The van der Waals surface area contributed by atoms with E-state index in [9.17, 15) is 18.4 Å². The van der Waals surface area contributed by atoms with Crippen LogP contribution in [0.1, 0.15) is 20.7 Å². The van der Waals surface area contributed by atoms with E-state index in [2.05, 4.69) is 14.8 Å². The Morgan fingerprint density at radius 2 is 1.88 bits per heavy atom. The number of halogens is 3. The lowest BCUT2D eigenvalue weighted by atomic mass is 10.1. The first-order valence-electron chi connectivity index (χ1n) is 6.65. The summed E-state index contributed by atoms with van der Waals surface area (Å²) in [6, 6.07) is 9.52. The van der Waals surface area contributed by atoms with E-state index >= 15 is 0 Å². The molecule has 0 aliphatic carbocycles. The molecule has 1 amide bonds. The van der Waals surface area contributed by atoms with Crippen molar-refractivity contribution in [2.45, 2.75) is 6.61 Å². The second kappa shape index (κ2) is 7.74. The van der Waals surface area contributed by atoms with Crippen molar-refractivity contribution in [1.82, 2.24) is 0 Å². The molecule has 24 heavy (non-hydrogen) atoms. The second-order valence-electron chi connectivity index (χ2n) is 4.55. The largest absolute Gasteiger partial charge is 0.465 e. The van der Waals surface area contributed by atoms with Crippen molar-refractivity contribution < 1.29 is 27.8 Å². The number of amides is 1. The lowest BCUT2D eigenvalue weighted by molar-refractivity contribution is -0.0498. The summed E-state index contributed by atoms with van der Waals surface area (Å²) < 4.78 is 33.3. The monoisotopic (exact) mass is 355 g/mol. The Kier molecular flexibility index (Phi) is 5.70. The van der Waals surface area contributed by atoms with E-state index < -0.39 is 18.5 Å². The molecular formula is C16H12ClF2NO4. The van der Waals surface area contributed by atoms with Crippen LogP contribution in [0.3, 0.4) is 0 Å². The fraction of sp³-hybridized carbons (Fsp3) is 0.125. The van der Waals surface area contributed by atoms with Gasteiger partial charge in [0.15, 0.2) is 0 Å². The van der Waals surface area contributed by atoms with Crippen LogP contribution in [0.15, 0.2) is 42.5 Å². The van der Waals surface area contributed by atoms with Gasteiger partial charge in [0.1, 0.15) is 5.75 Å². The molecule has 0 atom stereocenters. The first-order valence-corrected chi connectivity index (χ1v) is 7.02. The van der Waals surface area contributed by atoms with E-state index in [-0.39, 0.29) is 27.6 Å². The zero-order valence-electron chi connectivity index (χ0n) is 12.4. The zero-order chi connectivity index (χ0) is 17.7. The molecular weight excluding hydrogens is 344 g/mol. The van der Waals surface area contributed by atoms with Crippen LogP contribution in [-0.2, 0) is 4.74 Å². The molecule has 0 spiro atoms. The second-order valence-corrected chi connectivity index (χ2v) is 4.95. The molecule has 0 unspecified atom stereocenters. The summed E-state index contributed by atoms with van der Waals surface area (Å²) in [5.74, 6) is -1.33. The highest BCUT2D eigenvalue weighted by molar-refractivity contribution is 6.34. The molecule has 0 fully saturated rings. The van der Waals surface area contributed by atoms with Crippen molar-refractivity contribution in [2.75, 3.05) is 12.4 Å². The van der Waals surface area contributed by atoms with Crippen molar-refractivity contribution in [3.63, 3.8) is 0 Å². The van der Waals surface area contributed by atoms with Gasteiger partial charge in [-0.3, -0.25) is 4.79 Å². The highest BCUT2D eigenvalue weighted by Gasteiger charge is 2.14. The average Bonchev–Trinajstić information content (AvgIpc) is 2.55. The Balaban J connectivity index is 2.22. The van der Waals surface area contributed by atoms with Crippen molar-refractivity contribution in [3.8, 4) is 5.75 Å². The molecule has 5 nitrogen and oxygen atoms in total. The van der Waals surface area contributed by atoms with Crippen molar-refractivity contribution >= 4 is 29.2 Å². The van der Waals surface area contributed by atoms with Gasteiger partial charge in [-0.15, -0.1) is 0 Å². The van der Waals surface area contributed by atoms with Gasteiger partial charge in [0.05, 0.1) is 23.4 Å². The molecule has 0 bridgehead atoms. The summed E-state index contributed by atoms with van der Waals surface area (Å²) in [6.07, 6.45) is 0. The van der Waals surface area contributed by atoms with Crippen LogP contribution in [0.25, 0.3) is 0 Å². The maximum atomic E-state index is 12.2. The number of anilines is 1. The van der Waals surface area contributed by atoms with Crippen molar-refractivity contribution in [1.29, 1.82) is 0 Å². The molecule has 0 aromatic heterocycles. The summed E-state index contributed by atoms with van der Waals surface area (Å²) in [5, 5.41) is 2.71. The topological polar surface area (TPSA) is 64.6 Å². The minimum atomic E-state index is -2.99. The third kappa shape index (κ3) is 4.42. The number of hydrogen-bond acceptors (Lipinski definition) is 4.